The molecule has 1 atom stereocenters. The van der Waals surface area contributed by atoms with E-state index in [2.05, 4.69) is 6.07 Å². The summed E-state index contributed by atoms with van der Waals surface area (Å²) in [5.41, 5.74) is 1.75. The van der Waals surface area contributed by atoms with Crippen LogP contribution in [-0.4, -0.2) is 13.0 Å². The Balaban J connectivity index is 2.09. The lowest BCUT2D eigenvalue weighted by Crippen LogP contribution is -2.17. The van der Waals surface area contributed by atoms with Crippen LogP contribution in [0.2, 0.25) is 0 Å². The van der Waals surface area contributed by atoms with Gasteiger partial charge in [0.05, 0.1) is 10.5 Å². The van der Waals surface area contributed by atoms with E-state index >= 15 is 0 Å². The van der Waals surface area contributed by atoms with Gasteiger partial charge in [-0.15, -0.1) is 0 Å². The molecular weight excluding hydrogens is 353 g/mol. The molecule has 0 saturated carbocycles. The van der Waals surface area contributed by atoms with Crippen LogP contribution in [-0.2, 0) is 16.6 Å². The Morgan fingerprint density at radius 3 is 2.65 bits per heavy atom. The van der Waals surface area contributed by atoms with E-state index in [1.54, 1.807) is 30.5 Å². The summed E-state index contributed by atoms with van der Waals surface area (Å²) in [6, 6.07) is 13.1. The number of benzene rings is 2. The molecular formula is C19H18FN3O2S. The van der Waals surface area contributed by atoms with Crippen LogP contribution in [0.3, 0.4) is 0 Å². The Kier molecular flexibility index (Phi) is 4.81. The predicted octanol–water partition coefficient (Wildman–Crippen LogP) is 3.49. The molecule has 0 aliphatic rings. The van der Waals surface area contributed by atoms with Gasteiger partial charge >= 0.3 is 0 Å². The third-order valence-corrected chi connectivity index (χ3v) is 5.52. The van der Waals surface area contributed by atoms with E-state index in [1.807, 2.05) is 11.5 Å². The van der Waals surface area contributed by atoms with Crippen molar-refractivity contribution in [1.29, 1.82) is 5.26 Å². The summed E-state index contributed by atoms with van der Waals surface area (Å²) in [7, 11) is -3.84. The third kappa shape index (κ3) is 3.34. The van der Waals surface area contributed by atoms with Gasteiger partial charge in [-0.2, -0.15) is 5.26 Å². The Morgan fingerprint density at radius 1 is 1.27 bits per heavy atom. The maximum Gasteiger partial charge on any atom is 0.238 e. The molecule has 0 aliphatic heterocycles. The van der Waals surface area contributed by atoms with Crippen molar-refractivity contribution in [1.82, 2.24) is 4.57 Å². The molecule has 0 saturated heterocycles. The quantitative estimate of drug-likeness (QED) is 0.744. The summed E-state index contributed by atoms with van der Waals surface area (Å²) in [6.07, 6.45) is 2.35. The van der Waals surface area contributed by atoms with E-state index in [9.17, 15) is 18.1 Å². The lowest BCUT2D eigenvalue weighted by Gasteiger charge is -2.19. The van der Waals surface area contributed by atoms with Crippen molar-refractivity contribution >= 4 is 20.9 Å². The van der Waals surface area contributed by atoms with Crippen LogP contribution in [0.1, 0.15) is 30.4 Å². The van der Waals surface area contributed by atoms with E-state index in [0.29, 0.717) is 29.5 Å². The first kappa shape index (κ1) is 18.1. The highest BCUT2D eigenvalue weighted by Gasteiger charge is 2.21. The predicted molar refractivity (Wildman–Crippen MR) is 97.5 cm³/mol. The number of hydrogen-bond acceptors (Lipinski definition) is 3. The van der Waals surface area contributed by atoms with E-state index in [0.717, 1.165) is 5.52 Å². The first-order valence-corrected chi connectivity index (χ1v) is 9.70. The lowest BCUT2D eigenvalue weighted by molar-refractivity contribution is 0.544. The zero-order valence-corrected chi connectivity index (χ0v) is 15.0. The Labute approximate surface area is 151 Å². The fourth-order valence-electron chi connectivity index (χ4n) is 3.27. The largest absolute Gasteiger partial charge is 0.345 e. The summed E-state index contributed by atoms with van der Waals surface area (Å²) in [5, 5.41) is 15.2. The van der Waals surface area contributed by atoms with Crippen LogP contribution in [0.5, 0.6) is 0 Å². The van der Waals surface area contributed by atoms with Gasteiger partial charge in [-0.1, -0.05) is 25.1 Å². The van der Waals surface area contributed by atoms with Gasteiger partial charge in [0.15, 0.2) is 0 Å². The molecule has 1 heterocycles. The average molecular weight is 371 g/mol. The van der Waals surface area contributed by atoms with Crippen molar-refractivity contribution < 1.29 is 12.8 Å². The molecule has 0 unspecified atom stereocenters. The van der Waals surface area contributed by atoms with E-state index in [4.69, 9.17) is 5.14 Å². The highest BCUT2D eigenvalue weighted by atomic mass is 32.2. The van der Waals surface area contributed by atoms with Crippen molar-refractivity contribution in [2.24, 2.45) is 5.14 Å². The number of fused-ring (bicyclic) bond motifs is 1. The summed E-state index contributed by atoms with van der Waals surface area (Å²) in [6.45, 7) is 2.41. The molecule has 0 amide bonds. The van der Waals surface area contributed by atoms with Crippen molar-refractivity contribution in [3.8, 4) is 6.07 Å². The molecule has 2 N–H and O–H groups in total. The van der Waals surface area contributed by atoms with Crippen molar-refractivity contribution in [3.63, 3.8) is 0 Å². The van der Waals surface area contributed by atoms with Gasteiger partial charge in [0.25, 0.3) is 0 Å². The fraction of sp³-hybridized carbons (Fsp3) is 0.211. The first-order chi connectivity index (χ1) is 12.3. The molecule has 2 aromatic carbocycles. The highest BCUT2D eigenvalue weighted by Crippen LogP contribution is 2.30. The lowest BCUT2D eigenvalue weighted by atomic mass is 9.96. The molecule has 3 rings (SSSR count). The normalized spacial score (nSPS) is 12.8. The van der Waals surface area contributed by atoms with Crippen LogP contribution in [0, 0.1) is 17.1 Å². The minimum atomic E-state index is -3.84. The van der Waals surface area contributed by atoms with E-state index < -0.39 is 15.8 Å². The van der Waals surface area contributed by atoms with Crippen LogP contribution in [0.25, 0.3) is 10.9 Å². The number of nitriles is 1. The summed E-state index contributed by atoms with van der Waals surface area (Å²) >= 11 is 0. The summed E-state index contributed by atoms with van der Waals surface area (Å²) in [4.78, 5) is 0.106. The number of primary sulfonamides is 1. The Morgan fingerprint density at radius 2 is 2.00 bits per heavy atom. The molecule has 0 aliphatic carbocycles. The first-order valence-electron chi connectivity index (χ1n) is 8.15. The smallest absolute Gasteiger partial charge is 0.238 e. The SMILES string of the molecule is CC[C@H](Cn1cc(C#N)c2cc(F)ccc21)c1ccccc1S(N)(=O)=O. The number of halogens is 1. The molecule has 26 heavy (non-hydrogen) atoms. The van der Waals surface area contributed by atoms with E-state index in [1.165, 1.54) is 18.2 Å². The second-order valence-corrected chi connectivity index (χ2v) is 7.69. The standard InChI is InChI=1S/C19H18FN3O2S/c1-2-13(16-5-3-4-6-19(16)26(22,24)25)11-23-12-14(10-21)17-9-15(20)7-8-18(17)23/h3-9,12-13H,2,11H2,1H3,(H2,22,24,25)/t13-/m1/s1. The van der Waals surface area contributed by atoms with Crippen molar-refractivity contribution in [3.05, 3.63) is 65.6 Å². The van der Waals surface area contributed by atoms with Gasteiger partial charge in [-0.25, -0.2) is 17.9 Å². The van der Waals surface area contributed by atoms with Gasteiger partial charge in [0.2, 0.25) is 10.0 Å². The Bertz CT molecular complexity index is 1110. The number of sulfonamides is 1. The summed E-state index contributed by atoms with van der Waals surface area (Å²) < 4.78 is 39.2. The van der Waals surface area contributed by atoms with Crippen molar-refractivity contribution in [2.75, 3.05) is 0 Å². The molecule has 5 nitrogen and oxygen atoms in total. The number of aromatic nitrogens is 1. The van der Waals surface area contributed by atoms with E-state index in [-0.39, 0.29) is 10.8 Å². The second-order valence-electron chi connectivity index (χ2n) is 6.16. The van der Waals surface area contributed by atoms with Gasteiger partial charge < -0.3 is 4.57 Å². The number of hydrogen-bond donors (Lipinski definition) is 1. The molecule has 3 aromatic rings. The molecule has 134 valence electrons. The zero-order chi connectivity index (χ0) is 18.9. The number of nitrogens with two attached hydrogens (primary N) is 1. The van der Waals surface area contributed by atoms with Gasteiger partial charge in [0, 0.05) is 29.6 Å². The molecule has 7 heteroatoms. The molecule has 0 fully saturated rings. The maximum atomic E-state index is 13.5. The van der Waals surface area contributed by atoms with Crippen LogP contribution in [0.4, 0.5) is 4.39 Å². The average Bonchev–Trinajstić information content (AvgIpc) is 2.95. The van der Waals surface area contributed by atoms with Crippen LogP contribution >= 0.6 is 0 Å². The van der Waals surface area contributed by atoms with Gasteiger partial charge in [-0.05, 0) is 36.2 Å². The van der Waals surface area contributed by atoms with Crippen LogP contribution in [0.15, 0.2) is 53.6 Å². The fourth-order valence-corrected chi connectivity index (χ4v) is 4.10. The monoisotopic (exact) mass is 371 g/mol. The highest BCUT2D eigenvalue weighted by molar-refractivity contribution is 7.89. The minimum absolute atomic E-state index is 0.106. The third-order valence-electron chi connectivity index (χ3n) is 4.54. The molecule has 0 spiro atoms. The maximum absolute atomic E-state index is 13.5. The number of nitrogens with zero attached hydrogens (tertiary/aromatic N) is 2. The molecule has 1 aromatic heterocycles. The second kappa shape index (κ2) is 6.90. The van der Waals surface area contributed by atoms with Gasteiger partial charge in [0.1, 0.15) is 11.9 Å². The van der Waals surface area contributed by atoms with Crippen LogP contribution < -0.4 is 5.14 Å². The number of rotatable bonds is 5. The Hall–Kier alpha value is -2.69. The minimum Gasteiger partial charge on any atom is -0.345 e. The topological polar surface area (TPSA) is 88.9 Å². The van der Waals surface area contributed by atoms with Crippen molar-refractivity contribution in [2.45, 2.75) is 30.7 Å². The van der Waals surface area contributed by atoms with Gasteiger partial charge in [-0.3, -0.25) is 0 Å². The zero-order valence-electron chi connectivity index (χ0n) is 14.2. The summed E-state index contributed by atoms with van der Waals surface area (Å²) in [5.74, 6) is -0.532. The molecule has 0 bridgehead atoms. The molecule has 0 radical (unpaired) electrons.